The molecule has 0 saturated heterocycles. The van der Waals surface area contributed by atoms with E-state index in [1.54, 1.807) is 11.3 Å². The van der Waals surface area contributed by atoms with E-state index in [2.05, 4.69) is 52.8 Å². The van der Waals surface area contributed by atoms with Crippen LogP contribution in [0.15, 0.2) is 66.0 Å². The van der Waals surface area contributed by atoms with Crippen LogP contribution in [0.3, 0.4) is 0 Å². The molecule has 1 N–H and O–H groups in total. The summed E-state index contributed by atoms with van der Waals surface area (Å²) in [5.74, 6) is 0.368. The summed E-state index contributed by atoms with van der Waals surface area (Å²) in [7, 11) is 0. The number of benzene rings is 2. The fourth-order valence-corrected chi connectivity index (χ4v) is 5.48. The summed E-state index contributed by atoms with van der Waals surface area (Å²) in [6.45, 7) is 0.730. The van der Waals surface area contributed by atoms with Gasteiger partial charge < -0.3 is 9.88 Å². The molecule has 2 aromatic heterocycles. The molecule has 2 aliphatic rings. The van der Waals surface area contributed by atoms with Gasteiger partial charge in [-0.15, -0.1) is 11.3 Å². The topological polar surface area (TPSA) is 36.1 Å². The zero-order valence-corrected chi connectivity index (χ0v) is 14.8. The van der Waals surface area contributed by atoms with E-state index in [1.807, 2.05) is 23.1 Å². The van der Waals surface area contributed by atoms with Crippen molar-refractivity contribution in [3.63, 3.8) is 0 Å². The van der Waals surface area contributed by atoms with Gasteiger partial charge in [0.25, 0.3) is 5.91 Å². The predicted octanol–water partition coefficient (Wildman–Crippen LogP) is 4.92. The molecular formula is C22H16N2OS. The minimum absolute atomic E-state index is 0.00249. The second-order valence-corrected chi connectivity index (χ2v) is 7.99. The highest BCUT2D eigenvalue weighted by Gasteiger charge is 2.45. The summed E-state index contributed by atoms with van der Waals surface area (Å²) >= 11 is 1.77. The number of aromatic nitrogens is 1. The van der Waals surface area contributed by atoms with Crippen LogP contribution in [0.1, 0.15) is 44.0 Å². The molecule has 126 valence electrons. The zero-order chi connectivity index (χ0) is 17.3. The largest absolute Gasteiger partial charge is 0.356 e. The van der Waals surface area contributed by atoms with Crippen LogP contribution in [0, 0.1) is 0 Å². The molecule has 4 aromatic rings. The number of carbonyl (C=O) groups excluding carboxylic acids is 1. The van der Waals surface area contributed by atoms with Crippen molar-refractivity contribution in [3.05, 3.63) is 93.3 Å². The van der Waals surface area contributed by atoms with Crippen molar-refractivity contribution in [1.82, 2.24) is 9.88 Å². The molecule has 2 aliphatic heterocycles. The molecule has 6 rings (SSSR count). The van der Waals surface area contributed by atoms with E-state index in [4.69, 9.17) is 0 Å². The Hall–Kier alpha value is -2.85. The van der Waals surface area contributed by atoms with Crippen molar-refractivity contribution >= 4 is 28.1 Å². The van der Waals surface area contributed by atoms with Gasteiger partial charge in [0.05, 0.1) is 6.04 Å². The number of fused-ring (bicyclic) bond motifs is 7. The number of nitrogens with one attached hydrogen (secondary N) is 1. The van der Waals surface area contributed by atoms with Gasteiger partial charge in [-0.05, 0) is 34.7 Å². The Balaban J connectivity index is 1.67. The number of carbonyl (C=O) groups is 1. The van der Waals surface area contributed by atoms with Crippen molar-refractivity contribution in [3.8, 4) is 0 Å². The molecule has 1 amide bonds. The summed E-state index contributed by atoms with van der Waals surface area (Å²) < 4.78 is 0. The van der Waals surface area contributed by atoms with Crippen molar-refractivity contribution < 1.29 is 4.79 Å². The molecule has 0 bridgehead atoms. The van der Waals surface area contributed by atoms with Gasteiger partial charge in [-0.3, -0.25) is 4.79 Å². The third-order valence-electron chi connectivity index (χ3n) is 5.72. The Morgan fingerprint density at radius 3 is 2.73 bits per heavy atom. The monoisotopic (exact) mass is 356 g/mol. The third kappa shape index (κ3) is 1.75. The molecule has 4 heteroatoms. The van der Waals surface area contributed by atoms with Gasteiger partial charge in [-0.1, -0.05) is 42.5 Å². The Morgan fingerprint density at radius 1 is 1.00 bits per heavy atom. The average Bonchev–Trinajstić information content (AvgIpc) is 3.39. The van der Waals surface area contributed by atoms with Gasteiger partial charge in [0, 0.05) is 39.5 Å². The van der Waals surface area contributed by atoms with Crippen LogP contribution in [0.5, 0.6) is 0 Å². The summed E-state index contributed by atoms with van der Waals surface area (Å²) in [4.78, 5) is 20.1. The van der Waals surface area contributed by atoms with E-state index in [-0.39, 0.29) is 17.9 Å². The van der Waals surface area contributed by atoms with Crippen molar-refractivity contribution in [2.45, 2.75) is 12.0 Å². The van der Waals surface area contributed by atoms with Crippen LogP contribution in [-0.2, 0) is 0 Å². The smallest absolute Gasteiger partial charge is 0.255 e. The molecule has 0 spiro atoms. The van der Waals surface area contributed by atoms with Crippen LogP contribution in [0.4, 0.5) is 0 Å². The predicted molar refractivity (Wildman–Crippen MR) is 104 cm³/mol. The normalized spacial score (nSPS) is 20.9. The van der Waals surface area contributed by atoms with Crippen molar-refractivity contribution in [2.75, 3.05) is 6.54 Å². The first-order chi connectivity index (χ1) is 12.8. The molecule has 2 atom stereocenters. The lowest BCUT2D eigenvalue weighted by atomic mass is 9.86. The van der Waals surface area contributed by atoms with Crippen LogP contribution in [-0.4, -0.2) is 22.3 Å². The molecule has 2 aromatic carbocycles. The van der Waals surface area contributed by atoms with E-state index in [0.29, 0.717) is 0 Å². The number of nitrogens with zero attached hydrogens (tertiary/aromatic N) is 1. The van der Waals surface area contributed by atoms with Gasteiger partial charge in [-0.25, -0.2) is 0 Å². The molecular weight excluding hydrogens is 340 g/mol. The molecule has 0 unspecified atom stereocenters. The molecule has 0 saturated carbocycles. The van der Waals surface area contributed by atoms with Gasteiger partial charge in [0.15, 0.2) is 0 Å². The molecule has 26 heavy (non-hydrogen) atoms. The lowest BCUT2D eigenvalue weighted by Gasteiger charge is -2.35. The van der Waals surface area contributed by atoms with Crippen LogP contribution in [0.2, 0.25) is 0 Å². The SMILES string of the molecule is O=C1c2ccccc2[C@@H]2c3[nH]c4ccccc4c3[C@@H](c3cccs3)CN12. The highest BCUT2D eigenvalue weighted by molar-refractivity contribution is 7.10. The lowest BCUT2D eigenvalue weighted by Crippen LogP contribution is -2.37. The first kappa shape index (κ1) is 14.3. The van der Waals surface area contributed by atoms with Gasteiger partial charge in [-0.2, -0.15) is 0 Å². The maximum Gasteiger partial charge on any atom is 0.255 e. The summed E-state index contributed by atoms with van der Waals surface area (Å²) in [6, 6.07) is 20.8. The van der Waals surface area contributed by atoms with E-state index >= 15 is 0 Å². The Morgan fingerprint density at radius 2 is 1.85 bits per heavy atom. The van der Waals surface area contributed by atoms with E-state index in [0.717, 1.165) is 23.2 Å². The second kappa shape index (κ2) is 5.08. The molecule has 0 radical (unpaired) electrons. The highest BCUT2D eigenvalue weighted by atomic mass is 32.1. The lowest BCUT2D eigenvalue weighted by molar-refractivity contribution is 0.0728. The standard InChI is InChI=1S/C22H16N2OS/c25-22-14-7-2-1-6-13(14)21-20-19(15-8-3-4-9-17(15)23-20)16(12-24(21)22)18-10-5-11-26-18/h1-11,16,21,23H,12H2/t16-,21-/m1/s1. The highest BCUT2D eigenvalue weighted by Crippen LogP contribution is 2.49. The van der Waals surface area contributed by atoms with Crippen molar-refractivity contribution in [1.29, 1.82) is 0 Å². The first-order valence-corrected chi connectivity index (χ1v) is 9.74. The number of para-hydroxylation sites is 1. The minimum Gasteiger partial charge on any atom is -0.356 e. The summed E-state index contributed by atoms with van der Waals surface area (Å²) in [5.41, 5.74) is 5.64. The van der Waals surface area contributed by atoms with Gasteiger partial charge in [0.2, 0.25) is 0 Å². The van der Waals surface area contributed by atoms with Crippen LogP contribution >= 0.6 is 11.3 Å². The number of aromatic amines is 1. The fraction of sp³-hybridized carbons (Fsp3) is 0.136. The Labute approximate surface area is 154 Å². The van der Waals surface area contributed by atoms with E-state index < -0.39 is 0 Å². The zero-order valence-electron chi connectivity index (χ0n) is 14.0. The summed E-state index contributed by atoms with van der Waals surface area (Å²) in [6.07, 6.45) is 0. The molecule has 0 aliphatic carbocycles. The molecule has 3 nitrogen and oxygen atoms in total. The van der Waals surface area contributed by atoms with Crippen LogP contribution in [0.25, 0.3) is 10.9 Å². The maximum atomic E-state index is 13.1. The summed E-state index contributed by atoms with van der Waals surface area (Å²) in [5, 5.41) is 3.40. The molecule has 0 fully saturated rings. The quantitative estimate of drug-likeness (QED) is 0.516. The maximum absolute atomic E-state index is 13.1. The number of rotatable bonds is 1. The van der Waals surface area contributed by atoms with Crippen LogP contribution < -0.4 is 0 Å². The number of amides is 1. The first-order valence-electron chi connectivity index (χ1n) is 8.86. The number of hydrogen-bond acceptors (Lipinski definition) is 2. The number of hydrogen-bond donors (Lipinski definition) is 1. The van der Waals surface area contributed by atoms with Gasteiger partial charge >= 0.3 is 0 Å². The Bertz CT molecular complexity index is 1160. The average molecular weight is 356 g/mol. The Kier molecular flexibility index (Phi) is 2.80. The van der Waals surface area contributed by atoms with Gasteiger partial charge in [0.1, 0.15) is 0 Å². The minimum atomic E-state index is -0.00249. The van der Waals surface area contributed by atoms with E-state index in [9.17, 15) is 4.79 Å². The fourth-order valence-electron chi connectivity index (χ4n) is 4.66. The third-order valence-corrected chi connectivity index (χ3v) is 6.71. The number of thiophene rings is 1. The van der Waals surface area contributed by atoms with E-state index in [1.165, 1.54) is 21.5 Å². The number of H-pyrrole nitrogens is 1. The second-order valence-electron chi connectivity index (χ2n) is 7.01. The van der Waals surface area contributed by atoms with Crippen molar-refractivity contribution in [2.24, 2.45) is 0 Å². The molecule has 4 heterocycles.